The van der Waals surface area contributed by atoms with Crippen molar-refractivity contribution in [3.05, 3.63) is 17.3 Å². The highest BCUT2D eigenvalue weighted by Crippen LogP contribution is 2.33. The van der Waals surface area contributed by atoms with E-state index in [9.17, 15) is 4.79 Å². The molecule has 6 nitrogen and oxygen atoms in total. The van der Waals surface area contributed by atoms with Gasteiger partial charge in [-0.15, -0.1) is 24.8 Å². The number of hydrogen-bond acceptors (Lipinski definition) is 5. The molecule has 3 aliphatic rings. The Morgan fingerprint density at radius 2 is 1.74 bits per heavy atom. The van der Waals surface area contributed by atoms with Crippen LogP contribution in [0.4, 0.5) is 0 Å². The number of nitrogens with zero attached hydrogens (tertiary/aromatic N) is 3. The summed E-state index contributed by atoms with van der Waals surface area (Å²) < 4.78 is 5.68. The highest BCUT2D eigenvalue weighted by molar-refractivity contribution is 5.85. The molecule has 1 N–H and O–H groups in total. The third kappa shape index (κ3) is 5.37. The summed E-state index contributed by atoms with van der Waals surface area (Å²) in [5.41, 5.74) is 0.972. The zero-order valence-electron chi connectivity index (χ0n) is 16.3. The van der Waals surface area contributed by atoms with Crippen LogP contribution >= 0.6 is 24.8 Å². The van der Waals surface area contributed by atoms with Crippen molar-refractivity contribution < 1.29 is 9.21 Å². The number of halogens is 2. The molecule has 3 saturated heterocycles. The van der Waals surface area contributed by atoms with Crippen molar-refractivity contribution in [3.8, 4) is 0 Å². The number of aromatic nitrogens is 1. The van der Waals surface area contributed by atoms with Crippen molar-refractivity contribution in [1.29, 1.82) is 0 Å². The topological polar surface area (TPSA) is 61.6 Å². The van der Waals surface area contributed by atoms with Crippen LogP contribution in [0.25, 0.3) is 0 Å². The van der Waals surface area contributed by atoms with Gasteiger partial charge in [0, 0.05) is 44.7 Å². The molecule has 0 spiro atoms. The summed E-state index contributed by atoms with van der Waals surface area (Å²) in [5.74, 6) is 2.64. The lowest BCUT2D eigenvalue weighted by Gasteiger charge is -2.36. The molecule has 1 aromatic heterocycles. The summed E-state index contributed by atoms with van der Waals surface area (Å²) in [6.07, 6.45) is 5.71. The van der Waals surface area contributed by atoms with Crippen LogP contribution in [0, 0.1) is 19.8 Å². The lowest BCUT2D eigenvalue weighted by atomic mass is 9.89. The highest BCUT2D eigenvalue weighted by atomic mass is 35.5. The van der Waals surface area contributed by atoms with Crippen LogP contribution in [-0.2, 0) is 11.3 Å². The van der Waals surface area contributed by atoms with Gasteiger partial charge in [-0.3, -0.25) is 9.69 Å². The Bertz CT molecular complexity index is 600. The predicted octanol–water partition coefficient (Wildman–Crippen LogP) is 2.70. The van der Waals surface area contributed by atoms with Gasteiger partial charge in [0.1, 0.15) is 5.76 Å². The van der Waals surface area contributed by atoms with Gasteiger partial charge in [0.2, 0.25) is 11.8 Å². The van der Waals surface area contributed by atoms with Gasteiger partial charge in [0.25, 0.3) is 0 Å². The number of oxazole rings is 1. The predicted molar refractivity (Wildman–Crippen MR) is 110 cm³/mol. The van der Waals surface area contributed by atoms with Crippen LogP contribution in [0.2, 0.25) is 0 Å². The van der Waals surface area contributed by atoms with Crippen molar-refractivity contribution in [2.45, 2.75) is 64.6 Å². The highest BCUT2D eigenvalue weighted by Gasteiger charge is 2.35. The second-order valence-corrected chi connectivity index (χ2v) is 8.09. The van der Waals surface area contributed by atoms with Crippen molar-refractivity contribution >= 4 is 30.7 Å². The Labute approximate surface area is 174 Å². The van der Waals surface area contributed by atoms with Crippen LogP contribution in [0.3, 0.4) is 0 Å². The Morgan fingerprint density at radius 3 is 2.30 bits per heavy atom. The maximum absolute atomic E-state index is 12.7. The first-order chi connectivity index (χ1) is 12.1. The van der Waals surface area contributed by atoms with Gasteiger partial charge in [-0.1, -0.05) is 0 Å². The molecule has 0 saturated carbocycles. The average Bonchev–Trinajstić information content (AvgIpc) is 3.09. The van der Waals surface area contributed by atoms with E-state index in [1.165, 1.54) is 25.7 Å². The molecule has 4 rings (SSSR count). The number of amides is 1. The number of rotatable bonds is 4. The molecule has 27 heavy (non-hydrogen) atoms. The average molecular weight is 419 g/mol. The molecule has 154 valence electrons. The molecule has 1 aromatic rings. The van der Waals surface area contributed by atoms with Crippen LogP contribution < -0.4 is 5.32 Å². The summed E-state index contributed by atoms with van der Waals surface area (Å²) >= 11 is 0. The molecule has 2 bridgehead atoms. The molecule has 3 aliphatic heterocycles. The van der Waals surface area contributed by atoms with E-state index >= 15 is 0 Å². The van der Waals surface area contributed by atoms with Gasteiger partial charge in [-0.05, 0) is 45.4 Å². The first kappa shape index (κ1) is 22.5. The minimum atomic E-state index is 0. The smallest absolute Gasteiger partial charge is 0.222 e. The summed E-state index contributed by atoms with van der Waals surface area (Å²) in [5, 5.41) is 3.66. The summed E-state index contributed by atoms with van der Waals surface area (Å²) in [6, 6.07) is 1.34. The molecule has 3 fully saturated rings. The van der Waals surface area contributed by atoms with E-state index in [1.807, 2.05) is 13.8 Å². The first-order valence-corrected chi connectivity index (χ1v) is 9.76. The first-order valence-electron chi connectivity index (χ1n) is 9.76. The second-order valence-electron chi connectivity index (χ2n) is 8.09. The van der Waals surface area contributed by atoms with Crippen molar-refractivity contribution in [3.63, 3.8) is 0 Å². The minimum Gasteiger partial charge on any atom is -0.444 e. The molecule has 0 aromatic carbocycles. The number of piperidine rings is 1. The number of carbonyl (C=O) groups excluding carboxylic acids is 1. The molecular weight excluding hydrogens is 387 g/mol. The number of nitrogens with one attached hydrogen (secondary N) is 1. The van der Waals surface area contributed by atoms with Crippen LogP contribution in [-0.4, -0.2) is 59.0 Å². The zero-order valence-corrected chi connectivity index (χ0v) is 17.9. The number of hydrogen-bond donors (Lipinski definition) is 1. The van der Waals surface area contributed by atoms with Gasteiger partial charge >= 0.3 is 0 Å². The van der Waals surface area contributed by atoms with E-state index in [2.05, 4.69) is 20.1 Å². The fourth-order valence-corrected chi connectivity index (χ4v) is 4.67. The van der Waals surface area contributed by atoms with Gasteiger partial charge in [0.05, 0.1) is 12.2 Å². The molecule has 8 heteroatoms. The number of aryl methyl sites for hydroxylation is 2. The standard InChI is InChI=1S/C19H30N4O2.2ClH/c1-13-14(2)25-18(20-13)12-22-5-7-23(8-6-22)19(24)11-15-9-16-3-4-17(10-15)21-16;;/h15-17,21H,3-12H2,1-2H3;2*1H. The molecule has 0 aliphatic carbocycles. The third-order valence-corrected chi connectivity index (χ3v) is 6.19. The van der Waals surface area contributed by atoms with Gasteiger partial charge in [-0.25, -0.2) is 4.98 Å². The minimum absolute atomic E-state index is 0. The van der Waals surface area contributed by atoms with E-state index in [4.69, 9.17) is 4.42 Å². The normalized spacial score (nSPS) is 27.8. The fraction of sp³-hybridized carbons (Fsp3) is 0.789. The van der Waals surface area contributed by atoms with E-state index in [0.29, 0.717) is 23.9 Å². The largest absolute Gasteiger partial charge is 0.444 e. The maximum Gasteiger partial charge on any atom is 0.222 e. The zero-order chi connectivity index (χ0) is 17.4. The second kappa shape index (κ2) is 9.59. The Hall–Kier alpha value is -0.820. The summed E-state index contributed by atoms with van der Waals surface area (Å²) in [4.78, 5) is 21.5. The number of fused-ring (bicyclic) bond motifs is 2. The van der Waals surface area contributed by atoms with Gasteiger partial charge in [0.15, 0.2) is 0 Å². The summed E-state index contributed by atoms with van der Waals surface area (Å²) in [7, 11) is 0. The lowest BCUT2D eigenvalue weighted by Crippen LogP contribution is -2.49. The van der Waals surface area contributed by atoms with E-state index < -0.39 is 0 Å². The Balaban J connectivity index is 0.00000131. The molecule has 0 radical (unpaired) electrons. The van der Waals surface area contributed by atoms with Crippen molar-refractivity contribution in [2.75, 3.05) is 26.2 Å². The molecule has 4 heterocycles. The molecule has 2 unspecified atom stereocenters. The maximum atomic E-state index is 12.7. The van der Waals surface area contributed by atoms with Crippen molar-refractivity contribution in [1.82, 2.24) is 20.1 Å². The summed E-state index contributed by atoms with van der Waals surface area (Å²) in [6.45, 7) is 8.15. The third-order valence-electron chi connectivity index (χ3n) is 6.19. The number of carbonyl (C=O) groups is 1. The Kier molecular flexibility index (Phi) is 7.98. The Morgan fingerprint density at radius 1 is 1.11 bits per heavy atom. The fourth-order valence-electron chi connectivity index (χ4n) is 4.67. The quantitative estimate of drug-likeness (QED) is 0.813. The van der Waals surface area contributed by atoms with E-state index in [0.717, 1.165) is 56.5 Å². The molecule has 2 atom stereocenters. The molecular formula is C19H32Cl2N4O2. The monoisotopic (exact) mass is 418 g/mol. The van der Waals surface area contributed by atoms with E-state index in [1.54, 1.807) is 0 Å². The lowest BCUT2D eigenvalue weighted by molar-refractivity contribution is -0.134. The van der Waals surface area contributed by atoms with Crippen LogP contribution in [0.15, 0.2) is 4.42 Å². The van der Waals surface area contributed by atoms with Crippen molar-refractivity contribution in [2.24, 2.45) is 5.92 Å². The van der Waals surface area contributed by atoms with Gasteiger partial charge < -0.3 is 14.6 Å². The number of piperazine rings is 1. The van der Waals surface area contributed by atoms with Crippen LogP contribution in [0.1, 0.15) is 49.4 Å². The van der Waals surface area contributed by atoms with E-state index in [-0.39, 0.29) is 24.8 Å². The molecule has 1 amide bonds. The van der Waals surface area contributed by atoms with Crippen LogP contribution in [0.5, 0.6) is 0 Å². The van der Waals surface area contributed by atoms with Gasteiger partial charge in [-0.2, -0.15) is 0 Å². The SMILES string of the molecule is Cc1nc(CN2CCN(C(=O)CC3CC4CCC(C3)N4)CC2)oc1C.Cl.Cl.